The highest BCUT2D eigenvalue weighted by Gasteiger charge is 2.04. The third-order valence-corrected chi connectivity index (χ3v) is 3.28. The van der Waals surface area contributed by atoms with Gasteiger partial charge in [0.1, 0.15) is 12.4 Å². The van der Waals surface area contributed by atoms with E-state index in [1.165, 1.54) is 11.1 Å². The van der Waals surface area contributed by atoms with Crippen LogP contribution in [-0.2, 0) is 6.61 Å². The van der Waals surface area contributed by atoms with E-state index in [2.05, 4.69) is 31.8 Å². The second-order valence-corrected chi connectivity index (χ2v) is 4.65. The Hall–Kier alpha value is -2.24. The van der Waals surface area contributed by atoms with Crippen LogP contribution in [0, 0.1) is 25.7 Å². The molecule has 0 bridgehead atoms. The standard InChI is InChI=1S/C18H19NO/c1-14-7-5-11-18(15(14)2)20-13-17-9-4-3-8-16(17)10-6-12-19/h3-5,7-9,11H,12-13,19H2,1-2H3. The van der Waals surface area contributed by atoms with Crippen molar-refractivity contribution in [1.82, 2.24) is 0 Å². The Morgan fingerprint density at radius 3 is 2.65 bits per heavy atom. The molecule has 0 unspecified atom stereocenters. The number of hydrogen-bond donors (Lipinski definition) is 1. The van der Waals surface area contributed by atoms with Crippen molar-refractivity contribution in [2.45, 2.75) is 20.5 Å². The van der Waals surface area contributed by atoms with Crippen LogP contribution >= 0.6 is 0 Å². The summed E-state index contributed by atoms with van der Waals surface area (Å²) < 4.78 is 5.93. The van der Waals surface area contributed by atoms with Gasteiger partial charge >= 0.3 is 0 Å². The van der Waals surface area contributed by atoms with E-state index in [0.717, 1.165) is 16.9 Å². The Bertz CT molecular complexity index is 650. The Labute approximate surface area is 120 Å². The van der Waals surface area contributed by atoms with Crippen molar-refractivity contribution in [3.8, 4) is 17.6 Å². The Morgan fingerprint density at radius 2 is 1.85 bits per heavy atom. The first-order chi connectivity index (χ1) is 9.72. The maximum atomic E-state index is 5.93. The summed E-state index contributed by atoms with van der Waals surface area (Å²) in [7, 11) is 0. The molecule has 0 fully saturated rings. The highest BCUT2D eigenvalue weighted by Crippen LogP contribution is 2.22. The van der Waals surface area contributed by atoms with E-state index in [9.17, 15) is 0 Å². The molecule has 2 nitrogen and oxygen atoms in total. The van der Waals surface area contributed by atoms with Crippen LogP contribution in [0.2, 0.25) is 0 Å². The largest absolute Gasteiger partial charge is 0.489 e. The molecule has 2 heteroatoms. The molecule has 0 saturated heterocycles. The van der Waals surface area contributed by atoms with Gasteiger partial charge in [-0.25, -0.2) is 0 Å². The van der Waals surface area contributed by atoms with Gasteiger partial charge in [0.25, 0.3) is 0 Å². The Balaban J connectivity index is 2.17. The third kappa shape index (κ3) is 3.40. The van der Waals surface area contributed by atoms with E-state index in [1.807, 2.05) is 36.4 Å². The molecule has 0 aliphatic heterocycles. The van der Waals surface area contributed by atoms with Gasteiger partial charge in [-0.1, -0.05) is 42.2 Å². The van der Waals surface area contributed by atoms with Gasteiger partial charge in [0.2, 0.25) is 0 Å². The Kier molecular flexibility index (Phi) is 4.81. The van der Waals surface area contributed by atoms with Crippen LogP contribution in [0.1, 0.15) is 22.3 Å². The molecule has 2 rings (SSSR count). The van der Waals surface area contributed by atoms with Crippen molar-refractivity contribution in [2.24, 2.45) is 5.73 Å². The minimum Gasteiger partial charge on any atom is -0.489 e. The zero-order valence-electron chi connectivity index (χ0n) is 11.9. The molecule has 20 heavy (non-hydrogen) atoms. The fourth-order valence-electron chi connectivity index (χ4n) is 1.95. The summed E-state index contributed by atoms with van der Waals surface area (Å²) in [5, 5.41) is 0. The molecule has 102 valence electrons. The Morgan fingerprint density at radius 1 is 1.05 bits per heavy atom. The average Bonchev–Trinajstić information content (AvgIpc) is 2.47. The van der Waals surface area contributed by atoms with Crippen LogP contribution in [-0.4, -0.2) is 6.54 Å². The van der Waals surface area contributed by atoms with Crippen LogP contribution in [0.5, 0.6) is 5.75 Å². The van der Waals surface area contributed by atoms with Crippen LogP contribution in [0.4, 0.5) is 0 Å². The van der Waals surface area contributed by atoms with Gasteiger partial charge in [0.05, 0.1) is 6.54 Å². The lowest BCUT2D eigenvalue weighted by Gasteiger charge is -2.11. The number of hydrogen-bond acceptors (Lipinski definition) is 2. The minimum absolute atomic E-state index is 0.367. The molecule has 0 aromatic heterocycles. The normalized spacial score (nSPS) is 9.75. The fourth-order valence-corrected chi connectivity index (χ4v) is 1.95. The first-order valence-electron chi connectivity index (χ1n) is 6.68. The van der Waals surface area contributed by atoms with Gasteiger partial charge < -0.3 is 10.5 Å². The van der Waals surface area contributed by atoms with Crippen molar-refractivity contribution in [2.75, 3.05) is 6.54 Å². The van der Waals surface area contributed by atoms with Crippen molar-refractivity contribution in [3.05, 3.63) is 64.7 Å². The van der Waals surface area contributed by atoms with Crippen LogP contribution in [0.25, 0.3) is 0 Å². The van der Waals surface area contributed by atoms with Gasteiger partial charge in [-0.2, -0.15) is 0 Å². The van der Waals surface area contributed by atoms with Crippen molar-refractivity contribution in [3.63, 3.8) is 0 Å². The lowest BCUT2D eigenvalue weighted by Crippen LogP contribution is -2.00. The minimum atomic E-state index is 0.367. The summed E-state index contributed by atoms with van der Waals surface area (Å²) in [6.45, 7) is 5.04. The molecular formula is C18H19NO. The van der Waals surface area contributed by atoms with Gasteiger partial charge in [0.15, 0.2) is 0 Å². The summed E-state index contributed by atoms with van der Waals surface area (Å²) in [6.07, 6.45) is 0. The smallest absolute Gasteiger partial charge is 0.122 e. The monoisotopic (exact) mass is 265 g/mol. The molecule has 0 aliphatic carbocycles. The van der Waals surface area contributed by atoms with Gasteiger partial charge in [0, 0.05) is 11.1 Å². The third-order valence-electron chi connectivity index (χ3n) is 3.28. The zero-order chi connectivity index (χ0) is 14.4. The molecular weight excluding hydrogens is 246 g/mol. The van der Waals surface area contributed by atoms with E-state index in [1.54, 1.807) is 0 Å². The fraction of sp³-hybridized carbons (Fsp3) is 0.222. The first-order valence-corrected chi connectivity index (χ1v) is 6.68. The number of aryl methyl sites for hydroxylation is 1. The molecule has 0 atom stereocenters. The van der Waals surface area contributed by atoms with E-state index in [-0.39, 0.29) is 0 Å². The highest BCUT2D eigenvalue weighted by atomic mass is 16.5. The van der Waals surface area contributed by atoms with Crippen molar-refractivity contribution >= 4 is 0 Å². The molecule has 2 N–H and O–H groups in total. The van der Waals surface area contributed by atoms with E-state index in [4.69, 9.17) is 10.5 Å². The number of benzene rings is 2. The summed E-state index contributed by atoms with van der Waals surface area (Å²) in [5.74, 6) is 6.89. The zero-order valence-corrected chi connectivity index (χ0v) is 11.9. The quantitative estimate of drug-likeness (QED) is 0.865. The lowest BCUT2D eigenvalue weighted by molar-refractivity contribution is 0.303. The van der Waals surface area contributed by atoms with Crippen molar-refractivity contribution in [1.29, 1.82) is 0 Å². The molecule has 0 spiro atoms. The second-order valence-electron chi connectivity index (χ2n) is 4.65. The summed E-state index contributed by atoms with van der Waals surface area (Å²) in [5.41, 5.74) is 9.89. The van der Waals surface area contributed by atoms with Crippen LogP contribution in [0.3, 0.4) is 0 Å². The van der Waals surface area contributed by atoms with E-state index in [0.29, 0.717) is 13.2 Å². The van der Waals surface area contributed by atoms with E-state index < -0.39 is 0 Å². The molecule has 2 aromatic rings. The SMILES string of the molecule is Cc1cccc(OCc2ccccc2C#CCN)c1C. The molecule has 0 aliphatic rings. The summed E-state index contributed by atoms with van der Waals surface area (Å²) in [6, 6.07) is 14.1. The van der Waals surface area contributed by atoms with Gasteiger partial charge in [-0.05, 0) is 37.1 Å². The second kappa shape index (κ2) is 6.79. The molecule has 0 amide bonds. The van der Waals surface area contributed by atoms with Gasteiger partial charge in [-0.15, -0.1) is 0 Å². The summed E-state index contributed by atoms with van der Waals surface area (Å²) >= 11 is 0. The first kappa shape index (κ1) is 14.2. The number of ether oxygens (including phenoxy) is 1. The number of nitrogens with two attached hydrogens (primary N) is 1. The average molecular weight is 265 g/mol. The number of rotatable bonds is 3. The van der Waals surface area contributed by atoms with Crippen LogP contribution < -0.4 is 10.5 Å². The highest BCUT2D eigenvalue weighted by molar-refractivity contribution is 5.42. The van der Waals surface area contributed by atoms with E-state index >= 15 is 0 Å². The molecule has 0 saturated carbocycles. The topological polar surface area (TPSA) is 35.2 Å². The van der Waals surface area contributed by atoms with Gasteiger partial charge in [-0.3, -0.25) is 0 Å². The maximum Gasteiger partial charge on any atom is 0.122 e. The van der Waals surface area contributed by atoms with Crippen LogP contribution in [0.15, 0.2) is 42.5 Å². The maximum absolute atomic E-state index is 5.93. The predicted molar refractivity (Wildman–Crippen MR) is 82.6 cm³/mol. The molecule has 2 aromatic carbocycles. The lowest BCUT2D eigenvalue weighted by atomic mass is 10.1. The molecule has 0 heterocycles. The van der Waals surface area contributed by atoms with Crippen molar-refractivity contribution < 1.29 is 4.74 Å². The predicted octanol–water partition coefficient (Wildman–Crippen LogP) is 3.19. The summed E-state index contributed by atoms with van der Waals surface area (Å²) in [4.78, 5) is 0. The molecule has 0 radical (unpaired) electrons.